The summed E-state index contributed by atoms with van der Waals surface area (Å²) in [6, 6.07) is 14.2. The van der Waals surface area contributed by atoms with E-state index >= 15 is 0 Å². The molecule has 2 aromatic rings. The van der Waals surface area contributed by atoms with Crippen molar-refractivity contribution in [2.75, 3.05) is 33.7 Å². The van der Waals surface area contributed by atoms with Crippen LogP contribution in [0, 0.1) is 0 Å². The van der Waals surface area contributed by atoms with Crippen LogP contribution in [0.3, 0.4) is 0 Å². The molecule has 7 nitrogen and oxygen atoms in total. The summed E-state index contributed by atoms with van der Waals surface area (Å²) in [4.78, 5) is 23.0. The minimum absolute atomic E-state index is 0.0586. The van der Waals surface area contributed by atoms with Crippen LogP contribution < -0.4 is 16.0 Å². The molecule has 0 bridgehead atoms. The number of aromatic nitrogens is 1. The van der Waals surface area contributed by atoms with Gasteiger partial charge in [0.15, 0.2) is 5.96 Å². The number of carbonyl (C=O) groups is 1. The van der Waals surface area contributed by atoms with Crippen LogP contribution in [0.1, 0.15) is 34.5 Å². The Balaban J connectivity index is 1.39. The van der Waals surface area contributed by atoms with E-state index in [-0.39, 0.29) is 5.91 Å². The van der Waals surface area contributed by atoms with Gasteiger partial charge in [-0.15, -0.1) is 0 Å². The first-order valence-corrected chi connectivity index (χ1v) is 10.6. The third-order valence-electron chi connectivity index (χ3n) is 5.39. The van der Waals surface area contributed by atoms with Crippen molar-refractivity contribution >= 4 is 11.9 Å². The van der Waals surface area contributed by atoms with Crippen LogP contribution in [0.15, 0.2) is 53.7 Å². The highest BCUT2D eigenvalue weighted by atomic mass is 16.1. The van der Waals surface area contributed by atoms with E-state index in [9.17, 15) is 4.79 Å². The van der Waals surface area contributed by atoms with Crippen molar-refractivity contribution in [2.45, 2.75) is 31.8 Å². The molecule has 3 rings (SSSR count). The zero-order chi connectivity index (χ0) is 21.2. The van der Waals surface area contributed by atoms with Crippen LogP contribution in [-0.4, -0.2) is 61.5 Å². The number of piperidine rings is 1. The van der Waals surface area contributed by atoms with Gasteiger partial charge in [0.1, 0.15) is 0 Å². The van der Waals surface area contributed by atoms with Gasteiger partial charge in [-0.3, -0.25) is 19.7 Å². The SMILES string of the molecule is CN=C(NCCc1cccc(C(=O)NC)c1)NC1CCN(Cc2ccccn2)CC1. The lowest BCUT2D eigenvalue weighted by molar-refractivity contribution is 0.0963. The number of amides is 1. The fourth-order valence-electron chi connectivity index (χ4n) is 3.68. The van der Waals surface area contributed by atoms with Crippen molar-refractivity contribution in [2.24, 2.45) is 4.99 Å². The Labute approximate surface area is 179 Å². The summed E-state index contributed by atoms with van der Waals surface area (Å²) in [5, 5.41) is 9.60. The summed E-state index contributed by atoms with van der Waals surface area (Å²) in [6.45, 7) is 3.78. The Morgan fingerprint density at radius 2 is 2.03 bits per heavy atom. The molecule has 30 heavy (non-hydrogen) atoms. The number of rotatable bonds is 7. The number of benzene rings is 1. The molecular weight excluding hydrogens is 376 g/mol. The maximum Gasteiger partial charge on any atom is 0.251 e. The molecule has 1 aliphatic rings. The third kappa shape index (κ3) is 6.56. The van der Waals surface area contributed by atoms with Crippen LogP contribution in [0.2, 0.25) is 0 Å². The lowest BCUT2D eigenvalue weighted by atomic mass is 10.0. The first-order valence-electron chi connectivity index (χ1n) is 10.6. The molecule has 160 valence electrons. The minimum Gasteiger partial charge on any atom is -0.356 e. The molecule has 0 radical (unpaired) electrons. The number of guanidine groups is 1. The van der Waals surface area contributed by atoms with Crippen molar-refractivity contribution in [1.29, 1.82) is 0 Å². The molecule has 0 aliphatic carbocycles. The molecule has 7 heteroatoms. The van der Waals surface area contributed by atoms with Crippen LogP contribution in [0.5, 0.6) is 0 Å². The normalized spacial score (nSPS) is 15.6. The number of aliphatic imine (C=N–C) groups is 1. The molecule has 1 fully saturated rings. The number of nitrogens with zero attached hydrogens (tertiary/aromatic N) is 3. The monoisotopic (exact) mass is 408 g/mol. The highest BCUT2D eigenvalue weighted by Crippen LogP contribution is 2.13. The van der Waals surface area contributed by atoms with Crippen molar-refractivity contribution in [3.05, 3.63) is 65.5 Å². The number of hydrogen-bond acceptors (Lipinski definition) is 4. The number of nitrogens with one attached hydrogen (secondary N) is 3. The van der Waals surface area contributed by atoms with Gasteiger partial charge < -0.3 is 16.0 Å². The molecule has 2 heterocycles. The van der Waals surface area contributed by atoms with Gasteiger partial charge in [0, 0.05) is 58.1 Å². The van der Waals surface area contributed by atoms with Gasteiger partial charge in [-0.25, -0.2) is 0 Å². The molecule has 0 saturated carbocycles. The first kappa shape index (κ1) is 21.8. The summed E-state index contributed by atoms with van der Waals surface area (Å²) in [7, 11) is 3.45. The first-order chi connectivity index (χ1) is 14.7. The number of carbonyl (C=O) groups excluding carboxylic acids is 1. The van der Waals surface area contributed by atoms with Crippen LogP contribution in [0.4, 0.5) is 0 Å². The van der Waals surface area contributed by atoms with Gasteiger partial charge in [0.25, 0.3) is 5.91 Å². The second kappa shape index (κ2) is 11.3. The number of likely N-dealkylation sites (tertiary alicyclic amines) is 1. The molecule has 0 atom stereocenters. The standard InChI is InChI=1S/C23H32N6O/c1-24-22(30)19-7-5-6-18(16-19)9-13-27-23(25-2)28-20-10-14-29(15-11-20)17-21-8-3-4-12-26-21/h3-8,12,16,20H,9-11,13-15,17H2,1-2H3,(H,24,30)(H2,25,27,28). The molecule has 1 aromatic carbocycles. The van der Waals surface area contributed by atoms with Gasteiger partial charge in [-0.1, -0.05) is 18.2 Å². The molecule has 0 unspecified atom stereocenters. The Morgan fingerprint density at radius 3 is 2.73 bits per heavy atom. The minimum atomic E-state index is -0.0586. The van der Waals surface area contributed by atoms with Gasteiger partial charge in [0.2, 0.25) is 0 Å². The Kier molecular flexibility index (Phi) is 8.20. The molecular formula is C23H32N6O. The average Bonchev–Trinajstić information content (AvgIpc) is 2.80. The number of hydrogen-bond donors (Lipinski definition) is 3. The zero-order valence-corrected chi connectivity index (χ0v) is 17.9. The fourth-order valence-corrected chi connectivity index (χ4v) is 3.68. The van der Waals surface area contributed by atoms with E-state index < -0.39 is 0 Å². The largest absolute Gasteiger partial charge is 0.356 e. The maximum absolute atomic E-state index is 11.8. The Bertz CT molecular complexity index is 831. The van der Waals surface area contributed by atoms with Crippen LogP contribution in [0.25, 0.3) is 0 Å². The van der Waals surface area contributed by atoms with E-state index in [4.69, 9.17) is 0 Å². The molecule has 1 amide bonds. The van der Waals surface area contributed by atoms with Crippen molar-refractivity contribution in [1.82, 2.24) is 25.8 Å². The lowest BCUT2D eigenvalue weighted by Gasteiger charge is -2.32. The summed E-state index contributed by atoms with van der Waals surface area (Å²) < 4.78 is 0. The third-order valence-corrected chi connectivity index (χ3v) is 5.39. The zero-order valence-electron chi connectivity index (χ0n) is 17.9. The van der Waals surface area contributed by atoms with Gasteiger partial charge >= 0.3 is 0 Å². The van der Waals surface area contributed by atoms with Crippen molar-refractivity contribution in [3.63, 3.8) is 0 Å². The van der Waals surface area contributed by atoms with E-state index in [0.717, 1.165) is 62.7 Å². The predicted molar refractivity (Wildman–Crippen MR) is 121 cm³/mol. The summed E-state index contributed by atoms with van der Waals surface area (Å²) in [5.41, 5.74) is 2.94. The summed E-state index contributed by atoms with van der Waals surface area (Å²) >= 11 is 0. The molecule has 3 N–H and O–H groups in total. The van der Waals surface area contributed by atoms with Gasteiger partial charge in [-0.2, -0.15) is 0 Å². The predicted octanol–water partition coefficient (Wildman–Crippen LogP) is 1.81. The Hall–Kier alpha value is -2.93. The maximum atomic E-state index is 11.8. The van der Waals surface area contributed by atoms with Gasteiger partial charge in [0.05, 0.1) is 5.69 Å². The second-order valence-corrected chi connectivity index (χ2v) is 7.54. The molecule has 1 saturated heterocycles. The second-order valence-electron chi connectivity index (χ2n) is 7.54. The topological polar surface area (TPSA) is 81.6 Å². The summed E-state index contributed by atoms with van der Waals surface area (Å²) in [5.74, 6) is 0.775. The van der Waals surface area contributed by atoms with E-state index in [1.807, 2.05) is 42.6 Å². The van der Waals surface area contributed by atoms with Crippen LogP contribution in [-0.2, 0) is 13.0 Å². The van der Waals surface area contributed by atoms with E-state index in [1.165, 1.54) is 0 Å². The summed E-state index contributed by atoms with van der Waals surface area (Å²) in [6.07, 6.45) is 4.85. The fraction of sp³-hybridized carbons (Fsp3) is 0.435. The smallest absolute Gasteiger partial charge is 0.251 e. The highest BCUT2D eigenvalue weighted by Gasteiger charge is 2.20. The van der Waals surface area contributed by atoms with E-state index in [0.29, 0.717) is 11.6 Å². The molecule has 0 spiro atoms. The highest BCUT2D eigenvalue weighted by molar-refractivity contribution is 5.94. The molecule has 1 aliphatic heterocycles. The molecule has 1 aromatic heterocycles. The number of pyridine rings is 1. The van der Waals surface area contributed by atoms with Crippen LogP contribution >= 0.6 is 0 Å². The van der Waals surface area contributed by atoms with Crippen molar-refractivity contribution < 1.29 is 4.79 Å². The van der Waals surface area contributed by atoms with E-state index in [2.05, 4.69) is 36.9 Å². The van der Waals surface area contributed by atoms with Crippen molar-refractivity contribution in [3.8, 4) is 0 Å². The van der Waals surface area contributed by atoms with E-state index in [1.54, 1.807) is 14.1 Å². The quantitative estimate of drug-likeness (QED) is 0.481. The van der Waals surface area contributed by atoms with Gasteiger partial charge in [-0.05, 0) is 49.1 Å². The Morgan fingerprint density at radius 1 is 1.20 bits per heavy atom. The average molecular weight is 409 g/mol. The lowest BCUT2D eigenvalue weighted by Crippen LogP contribution is -2.48.